The predicted molar refractivity (Wildman–Crippen MR) is 212 cm³/mol. The van der Waals surface area contributed by atoms with Crippen LogP contribution in [0.4, 0.5) is 0 Å². The highest BCUT2D eigenvalue weighted by atomic mass is 16.3. The molecule has 0 aliphatic heterocycles. The van der Waals surface area contributed by atoms with Gasteiger partial charge in [-0.2, -0.15) is 0 Å². The Hall–Kier alpha value is -6.84. The van der Waals surface area contributed by atoms with Crippen LogP contribution < -0.4 is 0 Å². The first-order valence-electron chi connectivity index (χ1n) is 17.3. The molecule has 12 rings (SSSR count). The molecule has 0 unspecified atom stereocenters. The van der Waals surface area contributed by atoms with Gasteiger partial charge in [0.05, 0.1) is 5.39 Å². The smallest absolute Gasteiger partial charge is 0.147 e. The fourth-order valence-corrected chi connectivity index (χ4v) is 8.72. The summed E-state index contributed by atoms with van der Waals surface area (Å²) in [5, 5.41) is 13.7. The Balaban J connectivity index is 1.15. The van der Waals surface area contributed by atoms with Crippen LogP contribution in [-0.2, 0) is 0 Å². The van der Waals surface area contributed by atoms with Crippen molar-refractivity contribution in [2.24, 2.45) is 0 Å². The first kappa shape index (κ1) is 27.0. The number of para-hydroxylation sites is 1. The number of fused-ring (bicyclic) bond motifs is 14. The van der Waals surface area contributed by atoms with Gasteiger partial charge in [-0.05, 0) is 97.0 Å². The van der Waals surface area contributed by atoms with Crippen molar-refractivity contribution in [1.82, 2.24) is 0 Å². The molecule has 0 radical (unpaired) electrons. The highest BCUT2D eigenvalue weighted by Crippen LogP contribution is 2.48. The van der Waals surface area contributed by atoms with E-state index in [1.165, 1.54) is 49.0 Å². The molecule has 0 aliphatic rings. The third-order valence-corrected chi connectivity index (χ3v) is 10.9. The molecule has 0 saturated carbocycles. The highest BCUT2D eigenvalue weighted by Gasteiger charge is 2.22. The van der Waals surface area contributed by atoms with Crippen LogP contribution >= 0.6 is 0 Å². The fraction of sp³-hybridized carbons (Fsp3) is 0. The Morgan fingerprint density at radius 2 is 0.882 bits per heavy atom. The van der Waals surface area contributed by atoms with Crippen molar-refractivity contribution in [2.45, 2.75) is 0 Å². The summed E-state index contributed by atoms with van der Waals surface area (Å²) < 4.78 is 19.6. The van der Waals surface area contributed by atoms with Crippen LogP contribution in [0.5, 0.6) is 0 Å². The van der Waals surface area contributed by atoms with Gasteiger partial charge >= 0.3 is 0 Å². The Morgan fingerprint density at radius 3 is 1.69 bits per heavy atom. The minimum Gasteiger partial charge on any atom is -0.456 e. The van der Waals surface area contributed by atoms with E-state index in [1.807, 2.05) is 6.07 Å². The van der Waals surface area contributed by atoms with E-state index < -0.39 is 0 Å². The quantitative estimate of drug-likeness (QED) is 0.175. The normalized spacial score (nSPS) is 12.3. The van der Waals surface area contributed by atoms with Crippen molar-refractivity contribution in [3.63, 3.8) is 0 Å². The topological polar surface area (TPSA) is 39.4 Å². The van der Waals surface area contributed by atoms with Crippen LogP contribution in [0.3, 0.4) is 0 Å². The Kier molecular flexibility index (Phi) is 5.23. The van der Waals surface area contributed by atoms with E-state index in [0.717, 1.165) is 71.4 Å². The monoisotopic (exact) mass is 650 g/mol. The molecule has 3 nitrogen and oxygen atoms in total. The zero-order valence-corrected chi connectivity index (χ0v) is 27.2. The van der Waals surface area contributed by atoms with Crippen molar-refractivity contribution in [3.8, 4) is 22.3 Å². The van der Waals surface area contributed by atoms with E-state index in [0.29, 0.717) is 0 Å². The van der Waals surface area contributed by atoms with Gasteiger partial charge in [-0.3, -0.25) is 0 Å². The fourth-order valence-electron chi connectivity index (χ4n) is 8.72. The molecule has 0 N–H and O–H groups in total. The lowest BCUT2D eigenvalue weighted by molar-refractivity contribution is 0.663. The number of rotatable bonds is 2. The molecule has 9 aromatic carbocycles. The van der Waals surface area contributed by atoms with Crippen molar-refractivity contribution in [2.75, 3.05) is 0 Å². The van der Waals surface area contributed by atoms with E-state index in [2.05, 4.69) is 152 Å². The molecule has 3 heteroatoms. The summed E-state index contributed by atoms with van der Waals surface area (Å²) in [6.45, 7) is 0. The molecular weight excluding hydrogens is 625 g/mol. The van der Waals surface area contributed by atoms with Gasteiger partial charge in [0.1, 0.15) is 33.5 Å². The van der Waals surface area contributed by atoms with Gasteiger partial charge in [-0.1, -0.05) is 115 Å². The maximum Gasteiger partial charge on any atom is 0.147 e. The second-order valence-corrected chi connectivity index (χ2v) is 13.5. The molecular formula is C48H26O3. The Bertz CT molecular complexity index is 3370. The number of hydrogen-bond donors (Lipinski definition) is 0. The van der Waals surface area contributed by atoms with Crippen molar-refractivity contribution < 1.29 is 13.3 Å². The maximum absolute atomic E-state index is 6.87. The molecule has 0 spiro atoms. The van der Waals surface area contributed by atoms with Crippen LogP contribution in [0.15, 0.2) is 171 Å². The predicted octanol–water partition coefficient (Wildman–Crippen LogP) is 14.2. The minimum absolute atomic E-state index is 0.834. The van der Waals surface area contributed by atoms with Gasteiger partial charge in [-0.15, -0.1) is 0 Å². The summed E-state index contributed by atoms with van der Waals surface area (Å²) in [6.07, 6.45) is 0. The lowest BCUT2D eigenvalue weighted by atomic mass is 9.85. The van der Waals surface area contributed by atoms with Crippen LogP contribution in [0, 0.1) is 0 Å². The average molecular weight is 651 g/mol. The third kappa shape index (κ3) is 3.62. The summed E-state index contributed by atoms with van der Waals surface area (Å²) >= 11 is 0. The SMILES string of the molecule is c1ccc2c(c1)ccc1oc3ccc4c5ccc(-c6c7ccccc7c(-c7cccc8oc9ccccc9c78)c7ccccc67)cc5oc4c3c12. The summed E-state index contributed by atoms with van der Waals surface area (Å²) in [7, 11) is 0. The molecule has 0 fully saturated rings. The zero-order valence-electron chi connectivity index (χ0n) is 27.2. The summed E-state index contributed by atoms with van der Waals surface area (Å²) in [4.78, 5) is 0. The largest absolute Gasteiger partial charge is 0.456 e. The van der Waals surface area contributed by atoms with Gasteiger partial charge < -0.3 is 13.3 Å². The summed E-state index contributed by atoms with van der Waals surface area (Å²) in [5.41, 5.74) is 9.92. The van der Waals surface area contributed by atoms with Gasteiger partial charge in [0.2, 0.25) is 0 Å². The molecule has 3 aromatic heterocycles. The third-order valence-electron chi connectivity index (χ3n) is 10.9. The lowest BCUT2D eigenvalue weighted by Gasteiger charge is -2.18. The number of benzene rings is 9. The van der Waals surface area contributed by atoms with Crippen LogP contribution in [0.2, 0.25) is 0 Å². The summed E-state index contributed by atoms with van der Waals surface area (Å²) in [6, 6.07) is 55.9. The van der Waals surface area contributed by atoms with Crippen LogP contribution in [0.1, 0.15) is 0 Å². The molecule has 12 aromatic rings. The maximum atomic E-state index is 6.87. The standard InChI is InChI=1S/C48H26O3/c1-2-11-29-27(10-1)21-24-40-46(29)47-41(50-40)25-23-35-30-22-20-28(26-42(30)51-48(35)47)43-31-12-3-5-14-33(31)44(34-15-6-4-13-32(34)43)37-17-9-19-39-45(37)36-16-7-8-18-38(36)49-39/h1-26H. The molecule has 0 atom stereocenters. The molecule has 236 valence electrons. The van der Waals surface area contributed by atoms with E-state index in [1.54, 1.807) is 0 Å². The second-order valence-electron chi connectivity index (χ2n) is 13.5. The number of hydrogen-bond acceptors (Lipinski definition) is 3. The van der Waals surface area contributed by atoms with E-state index in [9.17, 15) is 0 Å². The highest BCUT2D eigenvalue weighted by molar-refractivity contribution is 6.29. The molecule has 0 saturated heterocycles. The van der Waals surface area contributed by atoms with Gasteiger partial charge in [0.15, 0.2) is 0 Å². The van der Waals surface area contributed by atoms with Crippen LogP contribution in [0.25, 0.3) is 120 Å². The lowest BCUT2D eigenvalue weighted by Crippen LogP contribution is -1.91. The van der Waals surface area contributed by atoms with E-state index >= 15 is 0 Å². The Morgan fingerprint density at radius 1 is 0.294 bits per heavy atom. The molecule has 3 heterocycles. The van der Waals surface area contributed by atoms with E-state index in [-0.39, 0.29) is 0 Å². The molecule has 0 bridgehead atoms. The first-order valence-corrected chi connectivity index (χ1v) is 17.3. The van der Waals surface area contributed by atoms with Crippen molar-refractivity contribution in [1.29, 1.82) is 0 Å². The van der Waals surface area contributed by atoms with Gasteiger partial charge in [-0.25, -0.2) is 0 Å². The molecule has 0 aliphatic carbocycles. The van der Waals surface area contributed by atoms with Crippen LogP contribution in [-0.4, -0.2) is 0 Å². The van der Waals surface area contributed by atoms with Crippen molar-refractivity contribution in [3.05, 3.63) is 158 Å². The minimum atomic E-state index is 0.834. The zero-order chi connectivity index (χ0) is 33.2. The van der Waals surface area contributed by atoms with E-state index in [4.69, 9.17) is 13.3 Å². The average Bonchev–Trinajstić information content (AvgIpc) is 3.88. The van der Waals surface area contributed by atoms with Gasteiger partial charge in [0, 0.05) is 26.9 Å². The van der Waals surface area contributed by atoms with Gasteiger partial charge in [0.25, 0.3) is 0 Å². The molecule has 51 heavy (non-hydrogen) atoms. The first-order chi connectivity index (χ1) is 25.3. The molecule has 0 amide bonds. The van der Waals surface area contributed by atoms with Crippen molar-refractivity contribution >= 4 is 98.1 Å². The summed E-state index contributed by atoms with van der Waals surface area (Å²) in [5.74, 6) is 0. The number of furan rings is 3. The Labute approximate surface area is 290 Å². The second kappa shape index (κ2) is 9.87.